The molecule has 5 N–H and O–H groups in total. The molecule has 4 atom stereocenters. The zero-order valence-electron chi connectivity index (χ0n) is 26.6. The quantitative estimate of drug-likeness (QED) is 0.178. The summed E-state index contributed by atoms with van der Waals surface area (Å²) < 4.78 is 5.41. The zero-order chi connectivity index (χ0) is 33.2. The molecule has 1 saturated heterocycles. The van der Waals surface area contributed by atoms with Crippen LogP contribution in [0.2, 0.25) is 0 Å². The first-order valence-corrected chi connectivity index (χ1v) is 16.6. The van der Waals surface area contributed by atoms with Crippen LogP contribution >= 0.6 is 0 Å². The number of nitrogens with zero attached hydrogens (tertiary/aromatic N) is 2. The number of hydrogen-bond acceptors (Lipinski definition) is 7. The highest BCUT2D eigenvalue weighted by Gasteiger charge is 2.35. The van der Waals surface area contributed by atoms with Gasteiger partial charge in [0, 0.05) is 37.8 Å². The molecule has 0 unspecified atom stereocenters. The topological polar surface area (TPSA) is 174 Å². The van der Waals surface area contributed by atoms with Crippen molar-refractivity contribution < 1.29 is 34.1 Å². The number of aromatic nitrogens is 2. The van der Waals surface area contributed by atoms with Gasteiger partial charge in [0.1, 0.15) is 6.04 Å². The van der Waals surface area contributed by atoms with Gasteiger partial charge in [-0.2, -0.15) is 0 Å². The Hall–Kier alpha value is -4.29. The molecule has 1 aliphatic heterocycles. The van der Waals surface area contributed by atoms with Gasteiger partial charge in [-0.15, -0.1) is 0 Å². The van der Waals surface area contributed by atoms with Crippen molar-refractivity contribution in [2.24, 2.45) is 11.8 Å². The first-order chi connectivity index (χ1) is 22.8. The number of aromatic amines is 1. The number of rotatable bonds is 14. The van der Waals surface area contributed by atoms with Crippen LogP contribution in [0.25, 0.3) is 10.8 Å². The fourth-order valence-corrected chi connectivity index (χ4v) is 6.77. The SMILES string of the molecule is O=C(N[C@@H](Cc1cnc[nH]1)C(=O)N[C@@H](CC1CCCCC1)[C@@H](O)C(=O)O)[C@@H](CC(=O)N1CCOCC1)Cc1cccc2ccccc12. The van der Waals surface area contributed by atoms with Crippen LogP contribution in [0, 0.1) is 11.8 Å². The van der Waals surface area contributed by atoms with Gasteiger partial charge in [-0.3, -0.25) is 14.4 Å². The zero-order valence-corrected chi connectivity index (χ0v) is 26.6. The summed E-state index contributed by atoms with van der Waals surface area (Å²) in [5.41, 5.74) is 1.49. The molecule has 1 aromatic heterocycles. The maximum atomic E-state index is 14.1. The predicted molar refractivity (Wildman–Crippen MR) is 174 cm³/mol. The van der Waals surface area contributed by atoms with E-state index in [1.807, 2.05) is 42.5 Å². The molecular weight excluding hydrogens is 602 g/mol. The second-order valence-corrected chi connectivity index (χ2v) is 12.7. The van der Waals surface area contributed by atoms with Crippen LogP contribution < -0.4 is 10.6 Å². The number of H-pyrrole nitrogens is 1. The molecule has 1 aliphatic carbocycles. The molecule has 3 aromatic rings. The molecule has 2 aliphatic rings. The average molecular weight is 648 g/mol. The number of imidazole rings is 1. The molecule has 12 nitrogen and oxygen atoms in total. The van der Waals surface area contributed by atoms with Crippen molar-refractivity contribution in [2.75, 3.05) is 26.3 Å². The van der Waals surface area contributed by atoms with E-state index < -0.39 is 41.9 Å². The van der Waals surface area contributed by atoms with Crippen LogP contribution in [0.5, 0.6) is 0 Å². The van der Waals surface area contributed by atoms with Crippen LogP contribution in [0.1, 0.15) is 56.2 Å². The number of hydrogen-bond donors (Lipinski definition) is 5. The highest BCUT2D eigenvalue weighted by molar-refractivity contribution is 5.92. The number of ether oxygens (including phenoxy) is 1. The van der Waals surface area contributed by atoms with E-state index in [0.717, 1.165) is 48.4 Å². The van der Waals surface area contributed by atoms with Gasteiger partial charge in [0.05, 0.1) is 31.5 Å². The highest BCUT2D eigenvalue weighted by Crippen LogP contribution is 2.28. The molecular formula is C35H45N5O7. The average Bonchev–Trinajstić information content (AvgIpc) is 3.61. The monoisotopic (exact) mass is 647 g/mol. The van der Waals surface area contributed by atoms with Gasteiger partial charge < -0.3 is 35.5 Å². The summed E-state index contributed by atoms with van der Waals surface area (Å²) in [4.78, 5) is 61.9. The lowest BCUT2D eigenvalue weighted by molar-refractivity contribution is -0.149. The Balaban J connectivity index is 1.38. The van der Waals surface area contributed by atoms with Gasteiger partial charge in [-0.25, -0.2) is 9.78 Å². The van der Waals surface area contributed by atoms with Crippen molar-refractivity contribution in [3.8, 4) is 0 Å². The highest BCUT2D eigenvalue weighted by atomic mass is 16.5. The van der Waals surface area contributed by atoms with Crippen LogP contribution in [0.3, 0.4) is 0 Å². The smallest absolute Gasteiger partial charge is 0.334 e. The molecule has 2 heterocycles. The fourth-order valence-electron chi connectivity index (χ4n) is 6.77. The molecule has 0 spiro atoms. The minimum Gasteiger partial charge on any atom is -0.479 e. The van der Waals surface area contributed by atoms with Gasteiger partial charge >= 0.3 is 5.97 Å². The first kappa shape index (κ1) is 34.1. The molecule has 47 heavy (non-hydrogen) atoms. The number of amides is 3. The van der Waals surface area contributed by atoms with Crippen molar-refractivity contribution in [3.05, 3.63) is 66.2 Å². The summed E-state index contributed by atoms with van der Waals surface area (Å²) in [6.07, 6.45) is 6.76. The number of carboxylic acid groups (broad SMARTS) is 1. The Morgan fingerprint density at radius 1 is 0.957 bits per heavy atom. The number of aliphatic hydroxyl groups excluding tert-OH is 1. The Morgan fingerprint density at radius 2 is 1.70 bits per heavy atom. The van der Waals surface area contributed by atoms with Crippen LogP contribution in [0.15, 0.2) is 55.0 Å². The van der Waals surface area contributed by atoms with Gasteiger partial charge in [-0.1, -0.05) is 74.6 Å². The maximum Gasteiger partial charge on any atom is 0.334 e. The Labute approximate surface area is 274 Å². The molecule has 0 bridgehead atoms. The van der Waals surface area contributed by atoms with Crippen molar-refractivity contribution in [2.45, 2.75) is 76.0 Å². The molecule has 5 rings (SSSR count). The summed E-state index contributed by atoms with van der Waals surface area (Å²) in [6, 6.07) is 11.6. The Kier molecular flexibility index (Phi) is 12.0. The first-order valence-electron chi connectivity index (χ1n) is 16.6. The lowest BCUT2D eigenvalue weighted by atomic mass is 9.83. The number of fused-ring (bicyclic) bond motifs is 1. The van der Waals surface area contributed by atoms with Gasteiger partial charge in [0.25, 0.3) is 0 Å². The summed E-state index contributed by atoms with van der Waals surface area (Å²) in [6.45, 7) is 1.76. The van der Waals surface area contributed by atoms with Crippen molar-refractivity contribution in [1.29, 1.82) is 0 Å². The van der Waals surface area contributed by atoms with Gasteiger partial charge in [0.2, 0.25) is 17.7 Å². The van der Waals surface area contributed by atoms with Crippen molar-refractivity contribution in [3.63, 3.8) is 0 Å². The second kappa shape index (κ2) is 16.5. The van der Waals surface area contributed by atoms with E-state index in [1.54, 1.807) is 11.1 Å². The number of benzene rings is 2. The number of nitrogens with one attached hydrogen (secondary N) is 3. The van der Waals surface area contributed by atoms with E-state index in [-0.39, 0.29) is 31.1 Å². The van der Waals surface area contributed by atoms with E-state index in [4.69, 9.17) is 4.74 Å². The molecule has 1 saturated carbocycles. The lowest BCUT2D eigenvalue weighted by Crippen LogP contribution is -2.56. The summed E-state index contributed by atoms with van der Waals surface area (Å²) >= 11 is 0. The minimum absolute atomic E-state index is 0.0509. The summed E-state index contributed by atoms with van der Waals surface area (Å²) in [5, 5.41) is 27.9. The molecule has 2 aromatic carbocycles. The number of carboxylic acids is 1. The van der Waals surface area contributed by atoms with Crippen LogP contribution in [0.4, 0.5) is 0 Å². The fraction of sp³-hybridized carbons (Fsp3) is 0.514. The third-order valence-corrected chi connectivity index (χ3v) is 9.39. The van der Waals surface area contributed by atoms with Crippen molar-refractivity contribution in [1.82, 2.24) is 25.5 Å². The van der Waals surface area contributed by atoms with Crippen LogP contribution in [-0.2, 0) is 36.8 Å². The minimum atomic E-state index is -1.80. The summed E-state index contributed by atoms with van der Waals surface area (Å²) in [7, 11) is 0. The lowest BCUT2D eigenvalue weighted by Gasteiger charge is -2.31. The Morgan fingerprint density at radius 3 is 2.43 bits per heavy atom. The molecule has 3 amide bonds. The third-order valence-electron chi connectivity index (χ3n) is 9.39. The van der Waals surface area contributed by atoms with Crippen LogP contribution in [-0.4, -0.2) is 93.3 Å². The van der Waals surface area contributed by atoms with Crippen molar-refractivity contribution >= 4 is 34.5 Å². The number of morpholine rings is 1. The molecule has 0 radical (unpaired) electrons. The van der Waals surface area contributed by atoms with Gasteiger partial charge in [-0.05, 0) is 35.1 Å². The number of carbonyl (C=O) groups excluding carboxylic acids is 3. The van der Waals surface area contributed by atoms with E-state index in [0.29, 0.717) is 38.4 Å². The number of aliphatic hydroxyl groups is 1. The molecule has 2 fully saturated rings. The predicted octanol–water partition coefficient (Wildman–Crippen LogP) is 2.60. The Bertz CT molecular complexity index is 1500. The van der Waals surface area contributed by atoms with E-state index >= 15 is 0 Å². The number of aliphatic carboxylic acids is 1. The maximum absolute atomic E-state index is 14.1. The second-order valence-electron chi connectivity index (χ2n) is 12.7. The van der Waals surface area contributed by atoms with Gasteiger partial charge in [0.15, 0.2) is 6.10 Å². The van der Waals surface area contributed by atoms with E-state index in [1.165, 1.54) is 6.33 Å². The largest absolute Gasteiger partial charge is 0.479 e. The third kappa shape index (κ3) is 9.39. The number of carbonyl (C=O) groups is 4. The standard InChI is InChI=1S/C35H45N5O7/c41-31(40-13-15-47-16-14-40)19-26(18-25-11-6-10-24-9-4-5-12-28(24)25)33(43)39-30(20-27-21-36-22-37-27)34(44)38-29(32(42)35(45)46)17-23-7-2-1-3-8-23/h4-6,9-12,21-23,26,29-30,32,42H,1-3,7-8,13-20H2,(H,36,37)(H,38,44)(H,39,43)(H,45,46)/t26-,29+,30+,32-/m1/s1. The molecule has 12 heteroatoms. The molecule has 252 valence electrons. The van der Waals surface area contributed by atoms with E-state index in [9.17, 15) is 29.4 Å². The normalized spacial score (nSPS) is 18.2. The van der Waals surface area contributed by atoms with E-state index in [2.05, 4.69) is 20.6 Å². The summed E-state index contributed by atoms with van der Waals surface area (Å²) in [5.74, 6) is -3.28.